The molecule has 1 fully saturated rings. The number of likely N-dealkylation sites (tertiary alicyclic amines) is 1. The minimum Gasteiger partial charge on any atom is -0.341 e. The minimum absolute atomic E-state index is 0.339. The van der Waals surface area contributed by atoms with Gasteiger partial charge < -0.3 is 4.90 Å². The summed E-state index contributed by atoms with van der Waals surface area (Å²) in [5.41, 5.74) is 0.339. The number of benzene rings is 1. The van der Waals surface area contributed by atoms with E-state index in [1.54, 1.807) is 29.2 Å². The van der Waals surface area contributed by atoms with Gasteiger partial charge in [0, 0.05) is 23.7 Å². The van der Waals surface area contributed by atoms with Crippen molar-refractivity contribution >= 4 is 23.3 Å². The lowest BCUT2D eigenvalue weighted by atomic mass is 9.96. The molecular formula is C15H15ClN2O2. The summed E-state index contributed by atoms with van der Waals surface area (Å²) in [5.74, 6) is -2.10. The SMILES string of the molecule is N#CC(C(=O)c1ccc(Cl)cc1)C(=O)N1CCCCC1. The smallest absolute Gasteiger partial charge is 0.247 e. The van der Waals surface area contributed by atoms with E-state index >= 15 is 0 Å². The maximum Gasteiger partial charge on any atom is 0.247 e. The number of hydrogen-bond donors (Lipinski definition) is 0. The van der Waals surface area contributed by atoms with Crippen molar-refractivity contribution in [2.45, 2.75) is 19.3 Å². The number of carbonyl (C=O) groups is 2. The fourth-order valence-corrected chi connectivity index (χ4v) is 2.43. The van der Waals surface area contributed by atoms with Crippen LogP contribution in [0.5, 0.6) is 0 Å². The Kier molecular flexibility index (Phi) is 4.75. The molecule has 1 aliphatic heterocycles. The van der Waals surface area contributed by atoms with Gasteiger partial charge in [0.2, 0.25) is 5.91 Å². The van der Waals surface area contributed by atoms with Gasteiger partial charge in [-0.1, -0.05) is 11.6 Å². The van der Waals surface area contributed by atoms with Gasteiger partial charge in [0.25, 0.3) is 0 Å². The van der Waals surface area contributed by atoms with Crippen LogP contribution in [0, 0.1) is 17.2 Å². The summed E-state index contributed by atoms with van der Waals surface area (Å²) in [5, 5.41) is 9.68. The summed E-state index contributed by atoms with van der Waals surface area (Å²) < 4.78 is 0. The van der Waals surface area contributed by atoms with E-state index in [2.05, 4.69) is 0 Å². The molecule has 5 heteroatoms. The number of carbonyl (C=O) groups excluding carboxylic acids is 2. The van der Waals surface area contributed by atoms with Crippen LogP contribution in [-0.2, 0) is 4.79 Å². The van der Waals surface area contributed by atoms with Crippen LogP contribution in [-0.4, -0.2) is 29.7 Å². The van der Waals surface area contributed by atoms with Crippen molar-refractivity contribution in [3.8, 4) is 6.07 Å². The average Bonchev–Trinajstić information content (AvgIpc) is 2.49. The van der Waals surface area contributed by atoms with E-state index in [1.807, 2.05) is 6.07 Å². The summed E-state index contributed by atoms with van der Waals surface area (Å²) in [7, 11) is 0. The number of Topliss-reactive ketones (excluding diaryl/α,β-unsaturated/α-hetero) is 1. The Bertz CT molecular complexity index is 542. The highest BCUT2D eigenvalue weighted by molar-refractivity contribution is 6.30. The van der Waals surface area contributed by atoms with Gasteiger partial charge in [0.1, 0.15) is 0 Å². The fraction of sp³-hybridized carbons (Fsp3) is 0.400. The molecule has 0 saturated carbocycles. The fourth-order valence-electron chi connectivity index (χ4n) is 2.30. The molecule has 1 amide bonds. The highest BCUT2D eigenvalue weighted by Gasteiger charge is 2.31. The zero-order chi connectivity index (χ0) is 14.5. The Hall–Kier alpha value is -1.86. The van der Waals surface area contributed by atoms with E-state index in [9.17, 15) is 9.59 Å². The molecule has 0 aromatic heterocycles. The minimum atomic E-state index is -1.26. The molecule has 1 aromatic carbocycles. The van der Waals surface area contributed by atoms with E-state index in [0.29, 0.717) is 23.7 Å². The molecule has 104 valence electrons. The lowest BCUT2D eigenvalue weighted by molar-refractivity contribution is -0.133. The van der Waals surface area contributed by atoms with Gasteiger partial charge in [0.15, 0.2) is 11.7 Å². The second kappa shape index (κ2) is 6.53. The van der Waals surface area contributed by atoms with Gasteiger partial charge in [-0.25, -0.2) is 0 Å². The van der Waals surface area contributed by atoms with Gasteiger partial charge in [-0.3, -0.25) is 9.59 Å². The Morgan fingerprint density at radius 3 is 2.30 bits per heavy atom. The summed E-state index contributed by atoms with van der Waals surface area (Å²) >= 11 is 5.76. The summed E-state index contributed by atoms with van der Waals surface area (Å²) in [6, 6.07) is 8.07. The number of hydrogen-bond acceptors (Lipinski definition) is 3. The van der Waals surface area contributed by atoms with Crippen LogP contribution >= 0.6 is 11.6 Å². The highest BCUT2D eigenvalue weighted by Crippen LogP contribution is 2.17. The number of ketones is 1. The van der Waals surface area contributed by atoms with Gasteiger partial charge in [0.05, 0.1) is 6.07 Å². The van der Waals surface area contributed by atoms with E-state index in [0.717, 1.165) is 19.3 Å². The molecule has 1 saturated heterocycles. The number of piperidine rings is 1. The molecule has 0 spiro atoms. The molecule has 20 heavy (non-hydrogen) atoms. The predicted octanol–water partition coefficient (Wildman–Crippen LogP) is 2.67. The van der Waals surface area contributed by atoms with Crippen molar-refractivity contribution in [1.29, 1.82) is 5.26 Å². The molecule has 0 aliphatic carbocycles. The first-order valence-electron chi connectivity index (χ1n) is 6.61. The van der Waals surface area contributed by atoms with Crippen LogP contribution in [0.3, 0.4) is 0 Å². The first kappa shape index (κ1) is 14.5. The van der Waals surface area contributed by atoms with Crippen LogP contribution in [0.4, 0.5) is 0 Å². The van der Waals surface area contributed by atoms with E-state index < -0.39 is 11.7 Å². The molecule has 0 N–H and O–H groups in total. The van der Waals surface area contributed by atoms with Crippen LogP contribution in [0.2, 0.25) is 5.02 Å². The monoisotopic (exact) mass is 290 g/mol. The standard InChI is InChI=1S/C15H15ClN2O2/c16-12-6-4-11(5-7-12)14(19)13(10-17)15(20)18-8-2-1-3-9-18/h4-7,13H,1-3,8-9H2. The molecule has 4 nitrogen and oxygen atoms in total. The normalized spacial score (nSPS) is 16.3. The Balaban J connectivity index is 2.15. The third kappa shape index (κ3) is 3.17. The lowest BCUT2D eigenvalue weighted by Gasteiger charge is -2.28. The lowest BCUT2D eigenvalue weighted by Crippen LogP contribution is -2.41. The van der Waals surface area contributed by atoms with Crippen LogP contribution in [0.15, 0.2) is 24.3 Å². The van der Waals surface area contributed by atoms with Crippen LogP contribution in [0.1, 0.15) is 29.6 Å². The number of nitrogens with zero attached hydrogens (tertiary/aromatic N) is 2. The van der Waals surface area contributed by atoms with Crippen molar-refractivity contribution in [1.82, 2.24) is 4.90 Å². The molecule has 1 aliphatic rings. The quantitative estimate of drug-likeness (QED) is 0.635. The predicted molar refractivity (Wildman–Crippen MR) is 75.3 cm³/mol. The van der Waals surface area contributed by atoms with E-state index in [4.69, 9.17) is 16.9 Å². The van der Waals surface area contributed by atoms with Crippen LogP contribution < -0.4 is 0 Å². The highest BCUT2D eigenvalue weighted by atomic mass is 35.5. The summed E-state index contributed by atoms with van der Waals surface area (Å²) in [4.78, 5) is 26.1. The first-order valence-corrected chi connectivity index (χ1v) is 6.99. The largest absolute Gasteiger partial charge is 0.341 e. The molecule has 1 heterocycles. The summed E-state index contributed by atoms with van der Waals surface area (Å²) in [6.07, 6.45) is 2.95. The zero-order valence-electron chi connectivity index (χ0n) is 11.0. The van der Waals surface area contributed by atoms with Crippen molar-refractivity contribution in [3.05, 3.63) is 34.9 Å². The second-order valence-corrected chi connectivity index (χ2v) is 5.26. The number of amides is 1. The van der Waals surface area contributed by atoms with E-state index in [1.165, 1.54) is 0 Å². The Morgan fingerprint density at radius 1 is 1.15 bits per heavy atom. The third-order valence-electron chi connectivity index (χ3n) is 3.43. The molecule has 1 aromatic rings. The second-order valence-electron chi connectivity index (χ2n) is 4.82. The van der Waals surface area contributed by atoms with Gasteiger partial charge >= 0.3 is 0 Å². The first-order chi connectivity index (χ1) is 9.63. The van der Waals surface area contributed by atoms with Gasteiger partial charge in [-0.05, 0) is 43.5 Å². The van der Waals surface area contributed by atoms with Crippen molar-refractivity contribution in [2.24, 2.45) is 5.92 Å². The summed E-state index contributed by atoms with van der Waals surface area (Å²) in [6.45, 7) is 1.26. The van der Waals surface area contributed by atoms with Crippen molar-refractivity contribution < 1.29 is 9.59 Å². The van der Waals surface area contributed by atoms with Gasteiger partial charge in [-0.2, -0.15) is 5.26 Å². The number of halogens is 1. The molecule has 1 unspecified atom stereocenters. The average molecular weight is 291 g/mol. The Labute approximate surface area is 122 Å². The van der Waals surface area contributed by atoms with Crippen molar-refractivity contribution in [3.63, 3.8) is 0 Å². The maximum absolute atomic E-state index is 12.3. The molecule has 0 radical (unpaired) electrons. The van der Waals surface area contributed by atoms with Crippen molar-refractivity contribution in [2.75, 3.05) is 13.1 Å². The number of rotatable bonds is 3. The Morgan fingerprint density at radius 2 is 1.75 bits per heavy atom. The third-order valence-corrected chi connectivity index (χ3v) is 3.69. The van der Waals surface area contributed by atoms with E-state index in [-0.39, 0.29) is 5.91 Å². The zero-order valence-corrected chi connectivity index (χ0v) is 11.8. The van der Waals surface area contributed by atoms with Gasteiger partial charge in [-0.15, -0.1) is 0 Å². The topological polar surface area (TPSA) is 61.2 Å². The number of nitriles is 1. The molecule has 0 bridgehead atoms. The molecule has 1 atom stereocenters. The molecule has 2 rings (SSSR count). The molecular weight excluding hydrogens is 276 g/mol. The maximum atomic E-state index is 12.3. The van der Waals surface area contributed by atoms with Crippen LogP contribution in [0.25, 0.3) is 0 Å².